The minimum atomic E-state index is -0.0626. The predicted octanol–water partition coefficient (Wildman–Crippen LogP) is 2.42. The fraction of sp³-hybridized carbons (Fsp3) is 0.429. The minimum Gasteiger partial charge on any atom is -0.322 e. The highest BCUT2D eigenvalue weighted by molar-refractivity contribution is 7.15. The molecule has 3 aromatic heterocycles. The molecule has 2 N–H and O–H groups in total. The van der Waals surface area contributed by atoms with E-state index in [4.69, 9.17) is 5.73 Å². The van der Waals surface area contributed by atoms with Crippen LogP contribution >= 0.6 is 11.3 Å². The van der Waals surface area contributed by atoms with Crippen LogP contribution in [-0.4, -0.2) is 19.2 Å². The summed E-state index contributed by atoms with van der Waals surface area (Å²) in [5.74, 6) is 0. The topological polar surface area (TPSA) is 61.1 Å². The number of hydrogen-bond acceptors (Lipinski definition) is 4. The second kappa shape index (κ2) is 5.38. The molecular formula is C14H19N5S. The largest absolute Gasteiger partial charge is 0.322 e. The van der Waals surface area contributed by atoms with Crippen LogP contribution in [0.2, 0.25) is 0 Å². The standard InChI is InChI=1S/C14H19N5S/c1-3-10-8-13(19(4-2)17-10)12(15)7-11-9-18-5-6-20-14(18)16-11/h5-6,8-9,12H,3-4,7,15H2,1-2H3. The highest BCUT2D eigenvalue weighted by Crippen LogP contribution is 2.19. The summed E-state index contributed by atoms with van der Waals surface area (Å²) in [6.45, 7) is 5.05. The molecule has 3 heterocycles. The van der Waals surface area contributed by atoms with Gasteiger partial charge >= 0.3 is 0 Å². The Hall–Kier alpha value is -1.66. The molecule has 0 saturated carbocycles. The van der Waals surface area contributed by atoms with E-state index in [0.29, 0.717) is 0 Å². The molecule has 0 aliphatic heterocycles. The number of fused-ring (bicyclic) bond motifs is 1. The Balaban J connectivity index is 1.83. The van der Waals surface area contributed by atoms with E-state index in [0.717, 1.165) is 41.4 Å². The molecule has 1 unspecified atom stereocenters. The van der Waals surface area contributed by atoms with Crippen molar-refractivity contribution in [2.24, 2.45) is 5.73 Å². The van der Waals surface area contributed by atoms with Crippen molar-refractivity contribution in [3.63, 3.8) is 0 Å². The lowest BCUT2D eigenvalue weighted by atomic mass is 10.1. The lowest BCUT2D eigenvalue weighted by molar-refractivity contribution is 0.562. The van der Waals surface area contributed by atoms with Crippen molar-refractivity contribution in [1.82, 2.24) is 19.2 Å². The summed E-state index contributed by atoms with van der Waals surface area (Å²) < 4.78 is 4.04. The first-order chi connectivity index (χ1) is 9.71. The summed E-state index contributed by atoms with van der Waals surface area (Å²) in [5.41, 5.74) is 9.59. The number of thiazole rings is 1. The van der Waals surface area contributed by atoms with Crippen LogP contribution in [0.4, 0.5) is 0 Å². The molecule has 5 nitrogen and oxygen atoms in total. The van der Waals surface area contributed by atoms with Crippen LogP contribution in [0, 0.1) is 0 Å². The average molecular weight is 289 g/mol. The van der Waals surface area contributed by atoms with E-state index in [9.17, 15) is 0 Å². The van der Waals surface area contributed by atoms with Crippen LogP contribution < -0.4 is 5.73 Å². The van der Waals surface area contributed by atoms with Crippen molar-refractivity contribution in [1.29, 1.82) is 0 Å². The monoisotopic (exact) mass is 289 g/mol. The second-order valence-electron chi connectivity index (χ2n) is 4.87. The quantitative estimate of drug-likeness (QED) is 0.784. The summed E-state index contributed by atoms with van der Waals surface area (Å²) in [6, 6.07) is 2.06. The molecule has 3 rings (SSSR count). The van der Waals surface area contributed by atoms with E-state index in [2.05, 4.69) is 36.2 Å². The summed E-state index contributed by atoms with van der Waals surface area (Å²) in [7, 11) is 0. The van der Waals surface area contributed by atoms with Gasteiger partial charge in [-0.3, -0.25) is 9.08 Å². The predicted molar refractivity (Wildman–Crippen MR) is 81.0 cm³/mol. The first-order valence-electron chi connectivity index (χ1n) is 6.94. The number of nitrogens with two attached hydrogens (primary N) is 1. The van der Waals surface area contributed by atoms with Crippen LogP contribution in [0.1, 0.15) is 37.0 Å². The van der Waals surface area contributed by atoms with Crippen LogP contribution in [0.3, 0.4) is 0 Å². The molecule has 0 bridgehead atoms. The molecule has 0 aromatic carbocycles. The van der Waals surface area contributed by atoms with Gasteiger partial charge in [0.25, 0.3) is 0 Å². The lowest BCUT2D eigenvalue weighted by Gasteiger charge is -2.11. The van der Waals surface area contributed by atoms with Crippen LogP contribution in [0.5, 0.6) is 0 Å². The number of rotatable bonds is 5. The van der Waals surface area contributed by atoms with Gasteiger partial charge in [0.05, 0.1) is 23.1 Å². The zero-order valence-electron chi connectivity index (χ0n) is 11.8. The van der Waals surface area contributed by atoms with Crippen LogP contribution in [-0.2, 0) is 19.4 Å². The van der Waals surface area contributed by atoms with Gasteiger partial charge in [-0.05, 0) is 19.4 Å². The molecule has 0 aliphatic carbocycles. The normalized spacial score (nSPS) is 13.2. The fourth-order valence-corrected chi connectivity index (χ4v) is 3.13. The third-order valence-corrected chi connectivity index (χ3v) is 4.25. The number of hydrogen-bond donors (Lipinski definition) is 1. The summed E-state index contributed by atoms with van der Waals surface area (Å²) in [5, 5.41) is 6.59. The van der Waals surface area contributed by atoms with Gasteiger partial charge in [0, 0.05) is 30.7 Å². The van der Waals surface area contributed by atoms with Crippen molar-refractivity contribution < 1.29 is 0 Å². The lowest BCUT2D eigenvalue weighted by Crippen LogP contribution is -2.18. The molecule has 3 aromatic rings. The van der Waals surface area contributed by atoms with Crippen molar-refractivity contribution in [2.45, 2.75) is 39.3 Å². The van der Waals surface area contributed by atoms with Crippen molar-refractivity contribution in [3.05, 3.63) is 40.9 Å². The van der Waals surface area contributed by atoms with Crippen molar-refractivity contribution in [3.8, 4) is 0 Å². The fourth-order valence-electron chi connectivity index (χ4n) is 2.42. The number of aromatic nitrogens is 4. The zero-order valence-corrected chi connectivity index (χ0v) is 12.6. The molecule has 0 aliphatic rings. The van der Waals surface area contributed by atoms with Gasteiger partial charge in [-0.2, -0.15) is 5.10 Å². The molecule has 0 spiro atoms. The molecular weight excluding hydrogens is 270 g/mol. The highest BCUT2D eigenvalue weighted by Gasteiger charge is 2.16. The third kappa shape index (κ3) is 2.36. The van der Waals surface area contributed by atoms with E-state index < -0.39 is 0 Å². The Morgan fingerprint density at radius 3 is 2.90 bits per heavy atom. The van der Waals surface area contributed by atoms with E-state index in [1.165, 1.54) is 0 Å². The van der Waals surface area contributed by atoms with Crippen molar-refractivity contribution in [2.75, 3.05) is 0 Å². The second-order valence-corrected chi connectivity index (χ2v) is 5.74. The molecule has 1 atom stereocenters. The van der Waals surface area contributed by atoms with E-state index in [1.54, 1.807) is 11.3 Å². The SMILES string of the molecule is CCc1cc(C(N)Cc2cn3ccsc3n2)n(CC)n1. The van der Waals surface area contributed by atoms with E-state index in [-0.39, 0.29) is 6.04 Å². The summed E-state index contributed by atoms with van der Waals surface area (Å²) in [6.07, 6.45) is 5.75. The number of imidazole rings is 1. The highest BCUT2D eigenvalue weighted by atomic mass is 32.1. The van der Waals surface area contributed by atoms with Crippen LogP contribution in [0.25, 0.3) is 4.96 Å². The van der Waals surface area contributed by atoms with Gasteiger partial charge in [-0.15, -0.1) is 11.3 Å². The molecule has 0 amide bonds. The Labute approximate surface area is 122 Å². The Bertz CT molecular complexity index is 680. The molecule has 0 radical (unpaired) electrons. The van der Waals surface area contributed by atoms with Crippen LogP contribution in [0.15, 0.2) is 23.8 Å². The smallest absolute Gasteiger partial charge is 0.193 e. The molecule has 0 saturated heterocycles. The maximum atomic E-state index is 6.36. The van der Waals surface area contributed by atoms with Gasteiger partial charge in [-0.25, -0.2) is 4.98 Å². The molecule has 6 heteroatoms. The average Bonchev–Trinajstić information content (AvgIpc) is 3.10. The maximum Gasteiger partial charge on any atom is 0.193 e. The first-order valence-corrected chi connectivity index (χ1v) is 7.82. The van der Waals surface area contributed by atoms with Gasteiger partial charge < -0.3 is 5.73 Å². The first kappa shape index (κ1) is 13.3. The van der Waals surface area contributed by atoms with Crippen molar-refractivity contribution >= 4 is 16.3 Å². The molecule has 0 fully saturated rings. The number of aryl methyl sites for hydroxylation is 2. The molecule has 106 valence electrons. The molecule has 20 heavy (non-hydrogen) atoms. The van der Waals surface area contributed by atoms with E-state index in [1.807, 2.05) is 20.7 Å². The Morgan fingerprint density at radius 1 is 1.35 bits per heavy atom. The Morgan fingerprint density at radius 2 is 2.20 bits per heavy atom. The Kier molecular flexibility index (Phi) is 3.58. The summed E-state index contributed by atoms with van der Waals surface area (Å²) in [4.78, 5) is 5.61. The summed E-state index contributed by atoms with van der Waals surface area (Å²) >= 11 is 1.64. The number of nitrogens with zero attached hydrogens (tertiary/aromatic N) is 4. The van der Waals surface area contributed by atoms with Gasteiger partial charge in [0.2, 0.25) is 0 Å². The zero-order chi connectivity index (χ0) is 14.1. The maximum absolute atomic E-state index is 6.36. The minimum absolute atomic E-state index is 0.0626. The van der Waals surface area contributed by atoms with Gasteiger partial charge in [0.15, 0.2) is 4.96 Å². The van der Waals surface area contributed by atoms with E-state index >= 15 is 0 Å². The van der Waals surface area contributed by atoms with Gasteiger partial charge in [-0.1, -0.05) is 6.92 Å². The third-order valence-electron chi connectivity index (χ3n) is 3.48. The van der Waals surface area contributed by atoms with Gasteiger partial charge in [0.1, 0.15) is 0 Å².